The van der Waals surface area contributed by atoms with Crippen LogP contribution in [0.2, 0.25) is 0 Å². The van der Waals surface area contributed by atoms with Crippen molar-refractivity contribution in [3.05, 3.63) is 24.3 Å². The van der Waals surface area contributed by atoms with Crippen molar-refractivity contribution in [3.63, 3.8) is 0 Å². The first-order valence-electron chi connectivity index (χ1n) is 9.31. The maximum absolute atomic E-state index is 12.3. The summed E-state index contributed by atoms with van der Waals surface area (Å²) in [6.45, 7) is 4.66. The largest absolute Gasteiger partial charge is 0.484 e. The summed E-state index contributed by atoms with van der Waals surface area (Å²) in [5.74, 6) is 0.613. The van der Waals surface area contributed by atoms with E-state index in [9.17, 15) is 14.4 Å². The van der Waals surface area contributed by atoms with Gasteiger partial charge >= 0.3 is 6.09 Å². The molecule has 1 aromatic rings. The molecule has 3 amide bonds. The number of amides is 3. The maximum Gasteiger partial charge on any atom is 0.409 e. The van der Waals surface area contributed by atoms with Gasteiger partial charge in [0.2, 0.25) is 5.91 Å². The molecule has 0 atom stereocenters. The molecular formula is C19H25N3O5. The summed E-state index contributed by atoms with van der Waals surface area (Å²) < 4.78 is 10.5. The van der Waals surface area contributed by atoms with Crippen molar-refractivity contribution in [1.82, 2.24) is 9.80 Å². The summed E-state index contributed by atoms with van der Waals surface area (Å²) >= 11 is 0. The van der Waals surface area contributed by atoms with Crippen LogP contribution in [-0.2, 0) is 14.3 Å². The lowest BCUT2D eigenvalue weighted by atomic mass is 10.3. The second-order valence-corrected chi connectivity index (χ2v) is 6.50. The fourth-order valence-corrected chi connectivity index (χ4v) is 3.23. The van der Waals surface area contributed by atoms with Crippen molar-refractivity contribution in [2.75, 3.05) is 50.8 Å². The van der Waals surface area contributed by atoms with Crippen LogP contribution < -0.4 is 9.64 Å². The van der Waals surface area contributed by atoms with Gasteiger partial charge in [-0.3, -0.25) is 9.59 Å². The Balaban J connectivity index is 1.44. The molecule has 8 nitrogen and oxygen atoms in total. The molecule has 1 aromatic carbocycles. The molecule has 2 heterocycles. The van der Waals surface area contributed by atoms with Gasteiger partial charge in [0.05, 0.1) is 6.61 Å². The van der Waals surface area contributed by atoms with Crippen molar-refractivity contribution < 1.29 is 23.9 Å². The molecule has 8 heteroatoms. The Kier molecular flexibility index (Phi) is 6.16. The summed E-state index contributed by atoms with van der Waals surface area (Å²) in [4.78, 5) is 40.8. The van der Waals surface area contributed by atoms with Crippen LogP contribution in [0.15, 0.2) is 24.3 Å². The predicted molar refractivity (Wildman–Crippen MR) is 98.7 cm³/mol. The molecule has 0 spiro atoms. The number of hydrogen-bond acceptors (Lipinski definition) is 5. The molecule has 3 rings (SSSR count). The number of ether oxygens (including phenoxy) is 2. The third-order valence-electron chi connectivity index (χ3n) is 4.74. The van der Waals surface area contributed by atoms with Crippen molar-refractivity contribution >= 4 is 23.6 Å². The highest BCUT2D eigenvalue weighted by Gasteiger charge is 2.25. The van der Waals surface area contributed by atoms with E-state index in [2.05, 4.69) is 0 Å². The topological polar surface area (TPSA) is 79.4 Å². The molecule has 2 fully saturated rings. The molecule has 2 aliphatic rings. The van der Waals surface area contributed by atoms with E-state index in [0.29, 0.717) is 45.0 Å². The lowest BCUT2D eigenvalue weighted by Crippen LogP contribution is -2.51. The van der Waals surface area contributed by atoms with Crippen LogP contribution in [0.1, 0.15) is 19.8 Å². The second kappa shape index (κ2) is 8.75. The predicted octanol–water partition coefficient (Wildman–Crippen LogP) is 1.49. The summed E-state index contributed by atoms with van der Waals surface area (Å²) in [5.41, 5.74) is 0.853. The normalized spacial score (nSPS) is 17.2. The van der Waals surface area contributed by atoms with Crippen LogP contribution in [-0.4, -0.2) is 73.6 Å². The highest BCUT2D eigenvalue weighted by molar-refractivity contribution is 5.95. The molecule has 0 unspecified atom stereocenters. The fraction of sp³-hybridized carbons (Fsp3) is 0.526. The molecule has 0 saturated carbocycles. The van der Waals surface area contributed by atoms with Crippen LogP contribution in [0.5, 0.6) is 5.75 Å². The Morgan fingerprint density at radius 3 is 2.26 bits per heavy atom. The number of carbonyl (C=O) groups is 3. The van der Waals surface area contributed by atoms with E-state index in [1.54, 1.807) is 33.8 Å². The quantitative estimate of drug-likeness (QED) is 0.779. The van der Waals surface area contributed by atoms with Gasteiger partial charge in [0, 0.05) is 44.8 Å². The SMILES string of the molecule is CCOC(=O)N1CCN(C(=O)COc2ccc(N3CCCC3=O)cc2)CC1. The Labute approximate surface area is 158 Å². The highest BCUT2D eigenvalue weighted by Crippen LogP contribution is 2.23. The van der Waals surface area contributed by atoms with Crippen LogP contribution in [0.4, 0.5) is 10.5 Å². The summed E-state index contributed by atoms with van der Waals surface area (Å²) in [7, 11) is 0. The van der Waals surface area contributed by atoms with Crippen LogP contribution in [0, 0.1) is 0 Å². The molecule has 146 valence electrons. The standard InChI is InChI=1S/C19H25N3O5/c1-2-26-19(25)21-12-10-20(11-13-21)18(24)14-27-16-7-5-15(6-8-16)22-9-3-4-17(22)23/h5-8H,2-4,9-14H2,1H3. The van der Waals surface area contributed by atoms with Gasteiger partial charge in [-0.25, -0.2) is 4.79 Å². The first-order valence-corrected chi connectivity index (χ1v) is 9.31. The molecule has 0 bridgehead atoms. The summed E-state index contributed by atoms with van der Waals surface area (Å²) in [6.07, 6.45) is 1.14. The van der Waals surface area contributed by atoms with Gasteiger partial charge in [-0.2, -0.15) is 0 Å². The molecule has 0 aromatic heterocycles. The van der Waals surface area contributed by atoms with Gasteiger partial charge in [-0.1, -0.05) is 0 Å². The lowest BCUT2D eigenvalue weighted by Gasteiger charge is -2.33. The van der Waals surface area contributed by atoms with Gasteiger partial charge < -0.3 is 24.2 Å². The first-order chi connectivity index (χ1) is 13.1. The third-order valence-corrected chi connectivity index (χ3v) is 4.74. The number of hydrogen-bond donors (Lipinski definition) is 0. The minimum Gasteiger partial charge on any atom is -0.484 e. The van der Waals surface area contributed by atoms with E-state index in [1.807, 2.05) is 12.1 Å². The van der Waals surface area contributed by atoms with Gasteiger partial charge in [0.1, 0.15) is 5.75 Å². The van der Waals surface area contributed by atoms with Gasteiger partial charge in [0.15, 0.2) is 6.61 Å². The van der Waals surface area contributed by atoms with E-state index in [0.717, 1.165) is 18.7 Å². The number of piperazine rings is 1. The zero-order valence-corrected chi connectivity index (χ0v) is 15.6. The smallest absolute Gasteiger partial charge is 0.409 e. The second-order valence-electron chi connectivity index (χ2n) is 6.50. The van der Waals surface area contributed by atoms with Crippen LogP contribution in [0.25, 0.3) is 0 Å². The molecule has 27 heavy (non-hydrogen) atoms. The number of benzene rings is 1. The maximum atomic E-state index is 12.3. The van der Waals surface area contributed by atoms with Crippen molar-refractivity contribution in [2.45, 2.75) is 19.8 Å². The molecule has 0 radical (unpaired) electrons. The van der Waals surface area contributed by atoms with E-state index < -0.39 is 0 Å². The van der Waals surface area contributed by atoms with Crippen molar-refractivity contribution in [3.8, 4) is 5.75 Å². The summed E-state index contributed by atoms with van der Waals surface area (Å²) in [5, 5.41) is 0. The Hall–Kier alpha value is -2.77. The molecular weight excluding hydrogens is 350 g/mol. The van der Waals surface area contributed by atoms with E-state index >= 15 is 0 Å². The minimum absolute atomic E-state index is 0.0542. The van der Waals surface area contributed by atoms with Gasteiger partial charge in [0.25, 0.3) is 5.91 Å². The van der Waals surface area contributed by atoms with E-state index in [-0.39, 0.29) is 24.5 Å². The van der Waals surface area contributed by atoms with E-state index in [4.69, 9.17) is 9.47 Å². The Morgan fingerprint density at radius 2 is 1.67 bits per heavy atom. The Morgan fingerprint density at radius 1 is 1.00 bits per heavy atom. The van der Waals surface area contributed by atoms with Crippen molar-refractivity contribution in [1.29, 1.82) is 0 Å². The highest BCUT2D eigenvalue weighted by atomic mass is 16.6. The minimum atomic E-state index is -0.336. The van der Waals surface area contributed by atoms with E-state index in [1.165, 1.54) is 0 Å². The Bertz CT molecular complexity index is 683. The zero-order chi connectivity index (χ0) is 19.2. The molecule has 2 aliphatic heterocycles. The van der Waals surface area contributed by atoms with Gasteiger partial charge in [-0.05, 0) is 37.6 Å². The van der Waals surface area contributed by atoms with Crippen LogP contribution in [0.3, 0.4) is 0 Å². The molecule has 2 saturated heterocycles. The average Bonchev–Trinajstić information content (AvgIpc) is 3.13. The first kappa shape index (κ1) is 19.0. The van der Waals surface area contributed by atoms with Crippen molar-refractivity contribution in [2.24, 2.45) is 0 Å². The number of rotatable bonds is 5. The number of anilines is 1. The molecule has 0 aliphatic carbocycles. The number of nitrogens with zero attached hydrogens (tertiary/aromatic N) is 3. The average molecular weight is 375 g/mol. The lowest BCUT2D eigenvalue weighted by molar-refractivity contribution is -0.135. The van der Waals surface area contributed by atoms with Crippen LogP contribution >= 0.6 is 0 Å². The summed E-state index contributed by atoms with van der Waals surface area (Å²) in [6, 6.07) is 7.21. The monoisotopic (exact) mass is 375 g/mol. The fourth-order valence-electron chi connectivity index (χ4n) is 3.23. The number of carbonyl (C=O) groups excluding carboxylic acids is 3. The van der Waals surface area contributed by atoms with Gasteiger partial charge in [-0.15, -0.1) is 0 Å². The third kappa shape index (κ3) is 4.69. The molecule has 0 N–H and O–H groups in total. The zero-order valence-electron chi connectivity index (χ0n) is 15.6.